The van der Waals surface area contributed by atoms with Crippen molar-refractivity contribution in [2.45, 2.75) is 38.5 Å². The topological polar surface area (TPSA) is 77.4 Å². The predicted molar refractivity (Wildman–Crippen MR) is 98.4 cm³/mol. The largest absolute Gasteiger partial charge is 0.490 e. The van der Waals surface area contributed by atoms with Gasteiger partial charge in [0, 0.05) is 18.9 Å². The van der Waals surface area contributed by atoms with Gasteiger partial charge in [-0.25, -0.2) is 0 Å². The molecule has 0 unspecified atom stereocenters. The van der Waals surface area contributed by atoms with Crippen LogP contribution in [-0.2, 0) is 16.9 Å². The standard InChI is InChI=1S/C19H24F2N4O3/c1-2-27-16-12-14(4-5-15(16)28-18(20)21)13-23-17(26)19(6-9-22-10-7-19)25-11-3-8-24-25/h3-5,8,11-12,18,22H,2,6-7,9-10,13H2,1H3,(H,23,26). The van der Waals surface area contributed by atoms with Gasteiger partial charge < -0.3 is 20.1 Å². The lowest BCUT2D eigenvalue weighted by Crippen LogP contribution is -2.54. The summed E-state index contributed by atoms with van der Waals surface area (Å²) in [6, 6.07) is 6.45. The van der Waals surface area contributed by atoms with Crippen LogP contribution in [0, 0.1) is 0 Å². The van der Waals surface area contributed by atoms with E-state index < -0.39 is 12.2 Å². The summed E-state index contributed by atoms with van der Waals surface area (Å²) in [6.45, 7) is 0.822. The number of benzene rings is 1. The zero-order chi connectivity index (χ0) is 20.0. The maximum absolute atomic E-state index is 13.1. The molecule has 1 saturated heterocycles. The van der Waals surface area contributed by atoms with Crippen molar-refractivity contribution in [3.8, 4) is 11.5 Å². The molecule has 2 aromatic rings. The van der Waals surface area contributed by atoms with Crippen molar-refractivity contribution in [1.29, 1.82) is 0 Å². The van der Waals surface area contributed by atoms with Crippen molar-refractivity contribution in [2.75, 3.05) is 19.7 Å². The van der Waals surface area contributed by atoms with Crippen molar-refractivity contribution in [2.24, 2.45) is 0 Å². The number of amides is 1. The van der Waals surface area contributed by atoms with Gasteiger partial charge in [0.1, 0.15) is 5.54 Å². The Labute approximate surface area is 162 Å². The number of hydrogen-bond acceptors (Lipinski definition) is 5. The van der Waals surface area contributed by atoms with Gasteiger partial charge in [0.25, 0.3) is 0 Å². The summed E-state index contributed by atoms with van der Waals surface area (Å²) in [6.07, 6.45) is 4.72. The highest BCUT2D eigenvalue weighted by Crippen LogP contribution is 2.31. The van der Waals surface area contributed by atoms with E-state index in [1.165, 1.54) is 6.07 Å². The molecule has 1 fully saturated rings. The Morgan fingerprint density at radius 1 is 1.36 bits per heavy atom. The highest BCUT2D eigenvalue weighted by Gasteiger charge is 2.41. The molecule has 1 amide bonds. The van der Waals surface area contributed by atoms with Crippen LogP contribution in [-0.4, -0.2) is 42.0 Å². The van der Waals surface area contributed by atoms with Gasteiger partial charge in [-0.2, -0.15) is 13.9 Å². The monoisotopic (exact) mass is 394 g/mol. The first-order chi connectivity index (χ1) is 13.5. The number of carbonyl (C=O) groups is 1. The zero-order valence-electron chi connectivity index (χ0n) is 15.7. The lowest BCUT2D eigenvalue weighted by molar-refractivity contribution is -0.132. The molecule has 0 bridgehead atoms. The molecule has 0 aliphatic carbocycles. The second kappa shape index (κ2) is 9.01. The van der Waals surface area contributed by atoms with Gasteiger partial charge in [0.2, 0.25) is 5.91 Å². The number of ether oxygens (including phenoxy) is 2. The first kappa shape index (κ1) is 20.1. The van der Waals surface area contributed by atoms with E-state index in [4.69, 9.17) is 4.74 Å². The van der Waals surface area contributed by atoms with Gasteiger partial charge in [-0.1, -0.05) is 6.07 Å². The molecule has 28 heavy (non-hydrogen) atoms. The molecule has 0 radical (unpaired) electrons. The number of nitrogens with one attached hydrogen (secondary N) is 2. The maximum atomic E-state index is 13.1. The molecular formula is C19H24F2N4O3. The van der Waals surface area contributed by atoms with Crippen molar-refractivity contribution in [3.05, 3.63) is 42.2 Å². The molecule has 1 aromatic heterocycles. The molecule has 1 aliphatic rings. The second-order valence-corrected chi connectivity index (χ2v) is 6.51. The molecule has 2 N–H and O–H groups in total. The number of halogens is 2. The number of hydrogen-bond donors (Lipinski definition) is 2. The van der Waals surface area contributed by atoms with Crippen LogP contribution in [0.3, 0.4) is 0 Å². The van der Waals surface area contributed by atoms with E-state index in [1.54, 1.807) is 42.2 Å². The Morgan fingerprint density at radius 3 is 2.79 bits per heavy atom. The van der Waals surface area contributed by atoms with Crippen molar-refractivity contribution < 1.29 is 23.0 Å². The average molecular weight is 394 g/mol. The summed E-state index contributed by atoms with van der Waals surface area (Å²) >= 11 is 0. The van der Waals surface area contributed by atoms with E-state index in [1.807, 2.05) is 0 Å². The van der Waals surface area contributed by atoms with E-state index >= 15 is 0 Å². The fourth-order valence-corrected chi connectivity index (χ4v) is 3.39. The molecule has 0 atom stereocenters. The molecule has 3 rings (SSSR count). The summed E-state index contributed by atoms with van der Waals surface area (Å²) in [4.78, 5) is 13.1. The number of piperidine rings is 1. The Bertz CT molecular complexity index is 777. The van der Waals surface area contributed by atoms with Crippen molar-refractivity contribution >= 4 is 5.91 Å². The average Bonchev–Trinajstić information content (AvgIpc) is 3.23. The van der Waals surface area contributed by atoms with Crippen LogP contribution in [0.25, 0.3) is 0 Å². The molecule has 9 heteroatoms. The molecule has 152 valence electrons. The van der Waals surface area contributed by atoms with Gasteiger partial charge in [-0.05, 0) is 56.6 Å². The molecule has 1 aliphatic heterocycles. The van der Waals surface area contributed by atoms with E-state index in [0.717, 1.165) is 18.7 Å². The van der Waals surface area contributed by atoms with Crippen LogP contribution in [0.5, 0.6) is 11.5 Å². The van der Waals surface area contributed by atoms with Gasteiger partial charge >= 0.3 is 6.61 Å². The maximum Gasteiger partial charge on any atom is 0.387 e. The fraction of sp³-hybridized carbons (Fsp3) is 0.474. The lowest BCUT2D eigenvalue weighted by atomic mass is 9.87. The third-order valence-corrected chi connectivity index (χ3v) is 4.77. The molecular weight excluding hydrogens is 370 g/mol. The smallest absolute Gasteiger partial charge is 0.387 e. The molecule has 0 spiro atoms. The van der Waals surface area contributed by atoms with Crippen molar-refractivity contribution in [1.82, 2.24) is 20.4 Å². The highest BCUT2D eigenvalue weighted by atomic mass is 19.3. The number of alkyl halides is 2. The third kappa shape index (κ3) is 4.41. The van der Waals surface area contributed by atoms with Crippen molar-refractivity contribution in [3.63, 3.8) is 0 Å². The van der Waals surface area contributed by atoms with Crippen LogP contribution in [0.2, 0.25) is 0 Å². The SMILES string of the molecule is CCOc1cc(CNC(=O)C2(n3cccn3)CCNCC2)ccc1OC(F)F. The second-order valence-electron chi connectivity index (χ2n) is 6.51. The quantitative estimate of drug-likeness (QED) is 0.718. The minimum absolute atomic E-state index is 0.0294. The van der Waals surface area contributed by atoms with Gasteiger partial charge in [-0.3, -0.25) is 9.48 Å². The predicted octanol–water partition coefficient (Wildman–Crippen LogP) is 2.28. The van der Waals surface area contributed by atoms with Crippen LogP contribution in [0.4, 0.5) is 8.78 Å². The minimum atomic E-state index is -2.93. The van der Waals surface area contributed by atoms with E-state index in [2.05, 4.69) is 20.5 Å². The molecule has 0 saturated carbocycles. The summed E-state index contributed by atoms with van der Waals surface area (Å²) in [5, 5.41) is 10.5. The summed E-state index contributed by atoms with van der Waals surface area (Å²) in [5.74, 6) is 0.0695. The highest BCUT2D eigenvalue weighted by molar-refractivity contribution is 5.84. The normalized spacial score (nSPS) is 16.0. The first-order valence-corrected chi connectivity index (χ1v) is 9.25. The number of rotatable bonds is 8. The van der Waals surface area contributed by atoms with E-state index in [-0.39, 0.29) is 24.0 Å². The third-order valence-electron chi connectivity index (χ3n) is 4.77. The Kier molecular flexibility index (Phi) is 6.45. The molecule has 2 heterocycles. The van der Waals surface area contributed by atoms with E-state index in [9.17, 15) is 13.6 Å². The number of nitrogens with zero attached hydrogens (tertiary/aromatic N) is 2. The zero-order valence-corrected chi connectivity index (χ0v) is 15.7. The Hall–Kier alpha value is -2.68. The molecule has 1 aromatic carbocycles. The van der Waals surface area contributed by atoms with E-state index in [0.29, 0.717) is 19.4 Å². The number of carbonyl (C=O) groups excluding carboxylic acids is 1. The summed E-state index contributed by atoms with van der Waals surface area (Å²) in [7, 11) is 0. The lowest BCUT2D eigenvalue weighted by Gasteiger charge is -2.36. The Morgan fingerprint density at radius 2 is 2.14 bits per heavy atom. The van der Waals surface area contributed by atoms with Gasteiger partial charge in [-0.15, -0.1) is 0 Å². The molecule has 7 nitrogen and oxygen atoms in total. The van der Waals surface area contributed by atoms with Crippen LogP contribution >= 0.6 is 0 Å². The van der Waals surface area contributed by atoms with Crippen LogP contribution < -0.4 is 20.1 Å². The first-order valence-electron chi connectivity index (χ1n) is 9.25. The minimum Gasteiger partial charge on any atom is -0.490 e. The van der Waals surface area contributed by atoms with Crippen LogP contribution in [0.1, 0.15) is 25.3 Å². The van der Waals surface area contributed by atoms with Gasteiger partial charge in [0.15, 0.2) is 11.5 Å². The fourth-order valence-electron chi connectivity index (χ4n) is 3.39. The van der Waals surface area contributed by atoms with Gasteiger partial charge in [0.05, 0.1) is 6.61 Å². The van der Waals surface area contributed by atoms with Crippen LogP contribution in [0.15, 0.2) is 36.7 Å². The number of aromatic nitrogens is 2. The summed E-state index contributed by atoms with van der Waals surface area (Å²) in [5.41, 5.74) is -0.0149. The Balaban J connectivity index is 1.73. The summed E-state index contributed by atoms with van der Waals surface area (Å²) < 4.78 is 36.6.